The van der Waals surface area contributed by atoms with E-state index in [4.69, 9.17) is 10.5 Å². The van der Waals surface area contributed by atoms with Gasteiger partial charge < -0.3 is 10.5 Å². The number of benzene rings is 1. The minimum atomic E-state index is -0.338. The SMILES string of the molecule is COc1ccc(-c2ncc(C(C)N)s2)c(F)c1. The highest BCUT2D eigenvalue weighted by Gasteiger charge is 2.12. The van der Waals surface area contributed by atoms with Gasteiger partial charge in [-0.1, -0.05) is 0 Å². The molecule has 0 amide bonds. The molecule has 0 bridgehead atoms. The van der Waals surface area contributed by atoms with Crippen molar-refractivity contribution in [3.63, 3.8) is 0 Å². The van der Waals surface area contributed by atoms with Crippen molar-refractivity contribution in [2.24, 2.45) is 5.73 Å². The number of aromatic nitrogens is 1. The summed E-state index contributed by atoms with van der Waals surface area (Å²) < 4.78 is 18.7. The molecule has 17 heavy (non-hydrogen) atoms. The molecule has 1 atom stereocenters. The molecule has 0 spiro atoms. The Hall–Kier alpha value is -1.46. The van der Waals surface area contributed by atoms with E-state index < -0.39 is 0 Å². The summed E-state index contributed by atoms with van der Waals surface area (Å²) >= 11 is 1.40. The number of rotatable bonds is 3. The second-order valence-corrected chi connectivity index (χ2v) is 4.76. The predicted molar refractivity (Wildman–Crippen MR) is 66.7 cm³/mol. The minimum absolute atomic E-state index is 0.0810. The summed E-state index contributed by atoms with van der Waals surface area (Å²) in [7, 11) is 1.51. The fourth-order valence-electron chi connectivity index (χ4n) is 1.42. The van der Waals surface area contributed by atoms with Gasteiger partial charge in [-0.3, -0.25) is 0 Å². The van der Waals surface area contributed by atoms with Gasteiger partial charge in [-0.2, -0.15) is 0 Å². The van der Waals surface area contributed by atoms with Gasteiger partial charge >= 0.3 is 0 Å². The second kappa shape index (κ2) is 4.81. The smallest absolute Gasteiger partial charge is 0.137 e. The standard InChI is InChI=1S/C12H13FN2OS/c1-7(14)11-6-15-12(17-11)9-4-3-8(16-2)5-10(9)13/h3-7H,14H2,1-2H3. The van der Waals surface area contributed by atoms with Gasteiger partial charge in [-0.05, 0) is 19.1 Å². The molecule has 1 unspecified atom stereocenters. The lowest BCUT2D eigenvalue weighted by atomic mass is 10.2. The number of nitrogens with zero attached hydrogens (tertiary/aromatic N) is 1. The molecule has 0 aliphatic rings. The van der Waals surface area contributed by atoms with Gasteiger partial charge in [-0.25, -0.2) is 9.37 Å². The number of methoxy groups -OCH3 is 1. The van der Waals surface area contributed by atoms with Crippen LogP contribution < -0.4 is 10.5 Å². The number of halogens is 1. The molecule has 90 valence electrons. The van der Waals surface area contributed by atoms with Crippen LogP contribution in [-0.2, 0) is 0 Å². The van der Waals surface area contributed by atoms with E-state index in [0.29, 0.717) is 16.3 Å². The zero-order valence-electron chi connectivity index (χ0n) is 9.61. The van der Waals surface area contributed by atoms with Crippen LogP contribution in [0.1, 0.15) is 17.8 Å². The van der Waals surface area contributed by atoms with Crippen molar-refractivity contribution in [2.75, 3.05) is 7.11 Å². The normalized spacial score (nSPS) is 12.5. The summed E-state index contributed by atoms with van der Waals surface area (Å²) in [5, 5.41) is 0.637. The van der Waals surface area contributed by atoms with Crippen molar-refractivity contribution >= 4 is 11.3 Å². The zero-order chi connectivity index (χ0) is 12.4. The van der Waals surface area contributed by atoms with Gasteiger partial charge in [0.1, 0.15) is 16.6 Å². The first kappa shape index (κ1) is 12.0. The second-order valence-electron chi connectivity index (χ2n) is 3.70. The maximum Gasteiger partial charge on any atom is 0.137 e. The Morgan fingerprint density at radius 2 is 2.24 bits per heavy atom. The maximum absolute atomic E-state index is 13.8. The van der Waals surface area contributed by atoms with Crippen molar-refractivity contribution < 1.29 is 9.13 Å². The molecule has 5 heteroatoms. The van der Waals surface area contributed by atoms with Crippen molar-refractivity contribution in [3.05, 3.63) is 35.1 Å². The Morgan fingerprint density at radius 3 is 2.76 bits per heavy atom. The molecule has 0 saturated heterocycles. The Labute approximate surface area is 103 Å². The molecule has 1 aromatic heterocycles. The Balaban J connectivity index is 2.38. The third-order valence-corrected chi connectivity index (χ3v) is 3.61. The highest BCUT2D eigenvalue weighted by atomic mass is 32.1. The van der Waals surface area contributed by atoms with Crippen molar-refractivity contribution in [1.82, 2.24) is 4.98 Å². The van der Waals surface area contributed by atoms with Crippen LogP contribution in [0.3, 0.4) is 0 Å². The van der Waals surface area contributed by atoms with E-state index in [1.54, 1.807) is 18.3 Å². The number of ether oxygens (including phenoxy) is 1. The summed E-state index contributed by atoms with van der Waals surface area (Å²) in [6, 6.07) is 4.65. The summed E-state index contributed by atoms with van der Waals surface area (Å²) in [5.74, 6) is 0.158. The first-order chi connectivity index (χ1) is 8.11. The monoisotopic (exact) mass is 252 g/mol. The molecule has 2 aromatic rings. The topological polar surface area (TPSA) is 48.1 Å². The quantitative estimate of drug-likeness (QED) is 0.913. The third kappa shape index (κ3) is 2.45. The van der Waals surface area contributed by atoms with Crippen LogP contribution in [0, 0.1) is 5.82 Å². The summed E-state index contributed by atoms with van der Waals surface area (Å²) in [6.07, 6.45) is 1.69. The van der Waals surface area contributed by atoms with E-state index in [2.05, 4.69) is 4.98 Å². The van der Waals surface area contributed by atoms with Gasteiger partial charge in [0.15, 0.2) is 0 Å². The number of thiazole rings is 1. The van der Waals surface area contributed by atoms with Crippen LogP contribution in [-0.4, -0.2) is 12.1 Å². The molecule has 2 rings (SSSR count). The minimum Gasteiger partial charge on any atom is -0.497 e. The zero-order valence-corrected chi connectivity index (χ0v) is 10.4. The lowest BCUT2D eigenvalue weighted by Gasteiger charge is -2.03. The fraction of sp³-hybridized carbons (Fsp3) is 0.250. The van der Waals surface area contributed by atoms with Crippen LogP contribution in [0.2, 0.25) is 0 Å². The van der Waals surface area contributed by atoms with Crippen molar-refractivity contribution in [2.45, 2.75) is 13.0 Å². The largest absolute Gasteiger partial charge is 0.497 e. The van der Waals surface area contributed by atoms with Gasteiger partial charge in [0.25, 0.3) is 0 Å². The van der Waals surface area contributed by atoms with Crippen LogP contribution in [0.25, 0.3) is 10.6 Å². The van der Waals surface area contributed by atoms with Crippen molar-refractivity contribution in [1.29, 1.82) is 0 Å². The first-order valence-corrected chi connectivity index (χ1v) is 5.98. The average Bonchev–Trinajstić information content (AvgIpc) is 2.78. The van der Waals surface area contributed by atoms with E-state index in [1.807, 2.05) is 6.92 Å². The molecular formula is C12H13FN2OS. The van der Waals surface area contributed by atoms with Crippen molar-refractivity contribution in [3.8, 4) is 16.3 Å². The van der Waals surface area contributed by atoms with E-state index >= 15 is 0 Å². The maximum atomic E-state index is 13.8. The molecule has 3 nitrogen and oxygen atoms in total. The average molecular weight is 252 g/mol. The fourth-order valence-corrected chi connectivity index (χ4v) is 2.31. The number of nitrogens with two attached hydrogens (primary N) is 1. The Kier molecular flexibility index (Phi) is 3.40. The lowest BCUT2D eigenvalue weighted by Crippen LogP contribution is -2.01. The molecular weight excluding hydrogens is 239 g/mol. The van der Waals surface area contributed by atoms with E-state index in [-0.39, 0.29) is 11.9 Å². The van der Waals surface area contributed by atoms with Gasteiger partial charge in [-0.15, -0.1) is 11.3 Å². The molecule has 1 aromatic carbocycles. The number of hydrogen-bond donors (Lipinski definition) is 1. The van der Waals surface area contributed by atoms with E-state index in [9.17, 15) is 4.39 Å². The number of hydrogen-bond acceptors (Lipinski definition) is 4. The highest BCUT2D eigenvalue weighted by molar-refractivity contribution is 7.15. The summed E-state index contributed by atoms with van der Waals surface area (Å²) in [6.45, 7) is 1.88. The highest BCUT2D eigenvalue weighted by Crippen LogP contribution is 2.31. The summed E-state index contributed by atoms with van der Waals surface area (Å²) in [5.41, 5.74) is 6.22. The molecule has 2 N–H and O–H groups in total. The van der Waals surface area contributed by atoms with Crippen LogP contribution in [0.15, 0.2) is 24.4 Å². The van der Waals surface area contributed by atoms with Gasteiger partial charge in [0.05, 0.1) is 7.11 Å². The molecule has 0 aliphatic carbocycles. The third-order valence-electron chi connectivity index (χ3n) is 2.38. The Bertz CT molecular complexity index is 525. The first-order valence-electron chi connectivity index (χ1n) is 5.17. The summed E-state index contributed by atoms with van der Waals surface area (Å²) in [4.78, 5) is 5.12. The van der Waals surface area contributed by atoms with Crippen LogP contribution in [0.4, 0.5) is 4.39 Å². The molecule has 0 saturated carbocycles. The molecule has 1 heterocycles. The molecule has 0 aliphatic heterocycles. The van der Waals surface area contributed by atoms with E-state index in [1.165, 1.54) is 24.5 Å². The van der Waals surface area contributed by atoms with Crippen LogP contribution in [0.5, 0.6) is 5.75 Å². The molecule has 0 fully saturated rings. The lowest BCUT2D eigenvalue weighted by molar-refractivity contribution is 0.411. The van der Waals surface area contributed by atoms with Gasteiger partial charge in [0, 0.05) is 28.7 Å². The molecule has 0 radical (unpaired) electrons. The van der Waals surface area contributed by atoms with Crippen LogP contribution >= 0.6 is 11.3 Å². The van der Waals surface area contributed by atoms with Gasteiger partial charge in [0.2, 0.25) is 0 Å². The Morgan fingerprint density at radius 1 is 1.47 bits per heavy atom. The predicted octanol–water partition coefficient (Wildman–Crippen LogP) is 2.98. The van der Waals surface area contributed by atoms with E-state index in [0.717, 1.165) is 4.88 Å².